The van der Waals surface area contributed by atoms with E-state index in [4.69, 9.17) is 10.8 Å². The molecule has 15 heavy (non-hydrogen) atoms. The van der Waals surface area contributed by atoms with Gasteiger partial charge >= 0.3 is 5.97 Å². The van der Waals surface area contributed by atoms with Crippen LogP contribution in [0, 0.1) is 5.92 Å². The van der Waals surface area contributed by atoms with Gasteiger partial charge in [-0.3, -0.25) is 4.79 Å². The molecule has 0 saturated carbocycles. The summed E-state index contributed by atoms with van der Waals surface area (Å²) in [6.45, 7) is 3.98. The first kappa shape index (κ1) is 13.9. The van der Waals surface area contributed by atoms with Crippen LogP contribution in [0.3, 0.4) is 0 Å². The van der Waals surface area contributed by atoms with Crippen molar-refractivity contribution < 1.29 is 14.7 Å². The van der Waals surface area contributed by atoms with Gasteiger partial charge in [0.05, 0.1) is 0 Å². The SMILES string of the molecule is CCC[C@@H](NC(=O)C(CC)CN)C(=O)O. The molecule has 1 unspecified atom stereocenters. The quantitative estimate of drug-likeness (QED) is 0.572. The van der Waals surface area contributed by atoms with Gasteiger partial charge < -0.3 is 16.2 Å². The van der Waals surface area contributed by atoms with Crippen LogP contribution in [-0.2, 0) is 9.59 Å². The zero-order valence-electron chi connectivity index (χ0n) is 9.32. The second-order valence-electron chi connectivity index (χ2n) is 3.53. The zero-order chi connectivity index (χ0) is 11.8. The van der Waals surface area contributed by atoms with E-state index in [1.165, 1.54) is 0 Å². The standard InChI is InChI=1S/C10H20N2O3/c1-3-5-8(10(14)15)12-9(13)7(4-2)6-11/h7-8H,3-6,11H2,1-2H3,(H,12,13)(H,14,15)/t7?,8-/m1/s1. The monoisotopic (exact) mass is 216 g/mol. The van der Waals surface area contributed by atoms with Crippen LogP contribution in [0.4, 0.5) is 0 Å². The number of hydrogen-bond acceptors (Lipinski definition) is 3. The largest absolute Gasteiger partial charge is 0.480 e. The van der Waals surface area contributed by atoms with E-state index in [1.54, 1.807) is 0 Å². The molecule has 0 aliphatic heterocycles. The molecule has 0 heterocycles. The summed E-state index contributed by atoms with van der Waals surface area (Å²) >= 11 is 0. The average molecular weight is 216 g/mol. The molecule has 0 bridgehead atoms. The second kappa shape index (κ2) is 7.23. The smallest absolute Gasteiger partial charge is 0.326 e. The molecule has 0 aliphatic rings. The maximum atomic E-state index is 11.5. The van der Waals surface area contributed by atoms with Crippen LogP contribution in [0.15, 0.2) is 0 Å². The van der Waals surface area contributed by atoms with Crippen LogP contribution in [0.5, 0.6) is 0 Å². The number of nitrogens with one attached hydrogen (secondary N) is 1. The van der Waals surface area contributed by atoms with Crippen molar-refractivity contribution in [1.82, 2.24) is 5.32 Å². The highest BCUT2D eigenvalue weighted by molar-refractivity contribution is 5.85. The van der Waals surface area contributed by atoms with Crippen LogP contribution in [-0.4, -0.2) is 29.6 Å². The molecule has 0 spiro atoms. The summed E-state index contributed by atoms with van der Waals surface area (Å²) in [6.07, 6.45) is 1.79. The Balaban J connectivity index is 4.27. The van der Waals surface area contributed by atoms with Crippen LogP contribution in [0.25, 0.3) is 0 Å². The normalized spacial score (nSPS) is 14.3. The minimum absolute atomic E-state index is 0.251. The van der Waals surface area contributed by atoms with Crippen LogP contribution in [0.2, 0.25) is 0 Å². The first-order chi connectivity index (χ1) is 7.06. The highest BCUT2D eigenvalue weighted by Crippen LogP contribution is 2.03. The molecule has 0 radical (unpaired) electrons. The van der Waals surface area contributed by atoms with Crippen molar-refractivity contribution >= 4 is 11.9 Å². The maximum Gasteiger partial charge on any atom is 0.326 e. The number of hydrogen-bond donors (Lipinski definition) is 3. The van der Waals surface area contributed by atoms with Gasteiger partial charge in [-0.1, -0.05) is 20.3 Å². The van der Waals surface area contributed by atoms with Gasteiger partial charge in [-0.15, -0.1) is 0 Å². The third-order valence-electron chi connectivity index (χ3n) is 2.34. The molecule has 5 nitrogen and oxygen atoms in total. The van der Waals surface area contributed by atoms with Crippen molar-refractivity contribution in [3.63, 3.8) is 0 Å². The molecule has 1 amide bonds. The maximum absolute atomic E-state index is 11.5. The molecule has 4 N–H and O–H groups in total. The van der Waals surface area contributed by atoms with Crippen LogP contribution < -0.4 is 11.1 Å². The van der Waals surface area contributed by atoms with Gasteiger partial charge in [0.15, 0.2) is 0 Å². The molecule has 0 aromatic rings. The fourth-order valence-electron chi connectivity index (χ4n) is 1.29. The molecule has 0 fully saturated rings. The molecular weight excluding hydrogens is 196 g/mol. The Morgan fingerprint density at radius 1 is 1.40 bits per heavy atom. The lowest BCUT2D eigenvalue weighted by Crippen LogP contribution is -2.45. The summed E-state index contributed by atoms with van der Waals surface area (Å²) in [5, 5.41) is 11.3. The topological polar surface area (TPSA) is 92.4 Å². The van der Waals surface area contributed by atoms with E-state index in [1.807, 2.05) is 13.8 Å². The summed E-state index contributed by atoms with van der Waals surface area (Å²) in [6, 6.07) is -0.789. The van der Waals surface area contributed by atoms with E-state index in [-0.39, 0.29) is 18.4 Å². The number of rotatable bonds is 7. The Kier molecular flexibility index (Phi) is 6.70. The van der Waals surface area contributed by atoms with Crippen LogP contribution in [0.1, 0.15) is 33.1 Å². The number of carboxylic acid groups (broad SMARTS) is 1. The zero-order valence-corrected chi connectivity index (χ0v) is 9.32. The van der Waals surface area contributed by atoms with Crippen molar-refractivity contribution in [3.8, 4) is 0 Å². The predicted molar refractivity (Wildman–Crippen MR) is 57.3 cm³/mol. The molecule has 0 aromatic heterocycles. The number of aliphatic carboxylic acids is 1. The Hall–Kier alpha value is -1.10. The summed E-state index contributed by atoms with van der Waals surface area (Å²) in [5.74, 6) is -1.54. The summed E-state index contributed by atoms with van der Waals surface area (Å²) < 4.78 is 0. The first-order valence-electron chi connectivity index (χ1n) is 5.30. The van der Waals surface area contributed by atoms with Crippen LogP contribution >= 0.6 is 0 Å². The lowest BCUT2D eigenvalue weighted by Gasteiger charge is -2.17. The Morgan fingerprint density at radius 2 is 2.00 bits per heavy atom. The van der Waals surface area contributed by atoms with Crippen molar-refractivity contribution in [2.45, 2.75) is 39.2 Å². The van der Waals surface area contributed by atoms with Gasteiger partial charge in [0.1, 0.15) is 6.04 Å². The first-order valence-corrected chi connectivity index (χ1v) is 5.30. The Bertz CT molecular complexity index is 215. The van der Waals surface area contributed by atoms with Crippen molar-refractivity contribution in [3.05, 3.63) is 0 Å². The van der Waals surface area contributed by atoms with Gasteiger partial charge in [-0.05, 0) is 12.8 Å². The van der Waals surface area contributed by atoms with Gasteiger partial charge in [-0.25, -0.2) is 4.79 Å². The third-order valence-corrected chi connectivity index (χ3v) is 2.34. The number of nitrogens with two attached hydrogens (primary N) is 1. The number of amides is 1. The van der Waals surface area contributed by atoms with Crippen molar-refractivity contribution in [1.29, 1.82) is 0 Å². The van der Waals surface area contributed by atoms with E-state index < -0.39 is 12.0 Å². The summed E-state index contributed by atoms with van der Waals surface area (Å²) in [7, 11) is 0. The van der Waals surface area contributed by atoms with E-state index in [9.17, 15) is 9.59 Å². The molecule has 0 aliphatic carbocycles. The highest BCUT2D eigenvalue weighted by atomic mass is 16.4. The number of carbonyl (C=O) groups excluding carboxylic acids is 1. The van der Waals surface area contributed by atoms with E-state index >= 15 is 0 Å². The fourth-order valence-corrected chi connectivity index (χ4v) is 1.29. The molecule has 0 aromatic carbocycles. The van der Waals surface area contributed by atoms with E-state index in [2.05, 4.69) is 5.32 Å². The van der Waals surface area contributed by atoms with Gasteiger partial charge in [0.25, 0.3) is 0 Å². The molecule has 88 valence electrons. The van der Waals surface area contributed by atoms with E-state index in [0.717, 1.165) is 6.42 Å². The summed E-state index contributed by atoms with van der Waals surface area (Å²) in [4.78, 5) is 22.3. The molecular formula is C10H20N2O3. The average Bonchev–Trinajstić information content (AvgIpc) is 2.18. The second-order valence-corrected chi connectivity index (χ2v) is 3.53. The number of carboxylic acids is 1. The Labute approximate surface area is 90.0 Å². The summed E-state index contributed by atoms with van der Waals surface area (Å²) in [5.41, 5.74) is 5.40. The van der Waals surface area contributed by atoms with Crippen molar-refractivity contribution in [2.24, 2.45) is 11.7 Å². The molecule has 0 saturated heterocycles. The Morgan fingerprint density at radius 3 is 2.33 bits per heavy atom. The fraction of sp³-hybridized carbons (Fsp3) is 0.800. The minimum atomic E-state index is -0.989. The van der Waals surface area contributed by atoms with Gasteiger partial charge in [-0.2, -0.15) is 0 Å². The molecule has 5 heteroatoms. The van der Waals surface area contributed by atoms with E-state index in [0.29, 0.717) is 12.8 Å². The van der Waals surface area contributed by atoms with Crippen molar-refractivity contribution in [2.75, 3.05) is 6.54 Å². The highest BCUT2D eigenvalue weighted by Gasteiger charge is 2.22. The molecule has 0 rings (SSSR count). The van der Waals surface area contributed by atoms with Gasteiger partial charge in [0.2, 0.25) is 5.91 Å². The minimum Gasteiger partial charge on any atom is -0.480 e. The lowest BCUT2D eigenvalue weighted by molar-refractivity contribution is -0.142. The predicted octanol–water partition coefficient (Wildman–Crippen LogP) is 0.341. The number of carbonyl (C=O) groups is 2. The van der Waals surface area contributed by atoms with Gasteiger partial charge in [0, 0.05) is 12.5 Å². The molecule has 2 atom stereocenters. The lowest BCUT2D eigenvalue weighted by atomic mass is 10.0. The third kappa shape index (κ3) is 4.78.